The van der Waals surface area contributed by atoms with Crippen LogP contribution in [0, 0.1) is 0 Å². The lowest BCUT2D eigenvalue weighted by Crippen LogP contribution is -2.20. The van der Waals surface area contributed by atoms with Gasteiger partial charge in [0.25, 0.3) is 10.0 Å². The molecule has 0 N–H and O–H groups in total. The number of nitrogens with zero attached hydrogens (tertiary/aromatic N) is 4. The first-order valence-electron chi connectivity index (χ1n) is 12.7. The second-order valence-corrected chi connectivity index (χ2v) is 11.8. The molecule has 0 aliphatic rings. The summed E-state index contributed by atoms with van der Waals surface area (Å²) in [4.78, 5) is 12.8. The number of hydrogen-bond donors (Lipinski definition) is 0. The average molecular weight is 577 g/mol. The van der Waals surface area contributed by atoms with E-state index in [9.17, 15) is 13.2 Å². The highest BCUT2D eigenvalue weighted by atomic mass is 32.2. The normalized spacial score (nSPS) is 12.4. The standard InChI is InChI=1S/C29H28N4O5S2/c1-4-26(28(34)38-5-2)39-29-31-30-27(33(29)20-12-11-13-21(18-20)37-3)24-19-32(25-17-10-9-16-23(24)25)40(35,36)22-14-7-6-8-15-22/h6-19,26H,4-5H2,1-3H3/t26-/m1/s1. The fourth-order valence-electron chi connectivity index (χ4n) is 4.40. The zero-order chi connectivity index (χ0) is 28.3. The SMILES string of the molecule is CCOC(=O)[C@@H](CC)Sc1nnc(-c2cn(S(=O)(=O)c3ccccc3)c3ccccc23)n1-c1cccc(OC)c1. The summed E-state index contributed by atoms with van der Waals surface area (Å²) in [5.41, 5.74) is 1.78. The van der Waals surface area contributed by atoms with Crippen LogP contribution >= 0.6 is 11.8 Å². The maximum absolute atomic E-state index is 13.7. The molecule has 206 valence electrons. The van der Waals surface area contributed by atoms with Crippen molar-refractivity contribution < 1.29 is 22.7 Å². The van der Waals surface area contributed by atoms with Crippen molar-refractivity contribution in [2.45, 2.75) is 35.6 Å². The predicted molar refractivity (Wildman–Crippen MR) is 154 cm³/mol. The fourth-order valence-corrected chi connectivity index (χ4v) is 6.76. The van der Waals surface area contributed by atoms with Crippen molar-refractivity contribution in [3.8, 4) is 22.8 Å². The number of fused-ring (bicyclic) bond motifs is 1. The number of hydrogen-bond acceptors (Lipinski definition) is 8. The number of ether oxygens (including phenoxy) is 2. The van der Waals surface area contributed by atoms with E-state index in [0.29, 0.717) is 45.3 Å². The van der Waals surface area contributed by atoms with Crippen LogP contribution < -0.4 is 4.74 Å². The second-order valence-electron chi connectivity index (χ2n) is 8.78. The van der Waals surface area contributed by atoms with Gasteiger partial charge in [-0.15, -0.1) is 10.2 Å². The molecule has 2 aromatic heterocycles. The van der Waals surface area contributed by atoms with Crippen LogP contribution in [0.15, 0.2) is 95.1 Å². The van der Waals surface area contributed by atoms with Crippen molar-refractivity contribution in [1.29, 1.82) is 0 Å². The molecule has 0 spiro atoms. The highest BCUT2D eigenvalue weighted by Gasteiger charge is 2.28. The molecule has 40 heavy (non-hydrogen) atoms. The number of carbonyl (C=O) groups excluding carboxylic acids is 1. The van der Waals surface area contributed by atoms with E-state index >= 15 is 0 Å². The molecule has 0 saturated heterocycles. The third-order valence-electron chi connectivity index (χ3n) is 6.33. The van der Waals surface area contributed by atoms with Gasteiger partial charge in [0.2, 0.25) is 0 Å². The van der Waals surface area contributed by atoms with Gasteiger partial charge in [0.15, 0.2) is 11.0 Å². The summed E-state index contributed by atoms with van der Waals surface area (Å²) in [6.07, 6.45) is 2.10. The molecule has 0 saturated carbocycles. The number of aromatic nitrogens is 4. The fraction of sp³-hybridized carbons (Fsp3) is 0.207. The molecule has 0 amide bonds. The number of esters is 1. The molecule has 3 aromatic carbocycles. The molecule has 0 aliphatic heterocycles. The number of benzene rings is 3. The summed E-state index contributed by atoms with van der Waals surface area (Å²) in [5.74, 6) is 0.717. The van der Waals surface area contributed by atoms with Gasteiger partial charge in [0, 0.05) is 23.2 Å². The smallest absolute Gasteiger partial charge is 0.319 e. The first kappa shape index (κ1) is 27.5. The summed E-state index contributed by atoms with van der Waals surface area (Å²) < 4.78 is 41.2. The summed E-state index contributed by atoms with van der Waals surface area (Å²) in [6, 6.07) is 22.9. The van der Waals surface area contributed by atoms with Gasteiger partial charge in [-0.05, 0) is 43.7 Å². The van der Waals surface area contributed by atoms with E-state index < -0.39 is 15.3 Å². The van der Waals surface area contributed by atoms with Gasteiger partial charge in [-0.25, -0.2) is 12.4 Å². The van der Waals surface area contributed by atoms with Crippen LogP contribution in [-0.4, -0.2) is 52.1 Å². The number of rotatable bonds is 10. The highest BCUT2D eigenvalue weighted by Crippen LogP contribution is 2.37. The average Bonchev–Trinajstić information content (AvgIpc) is 3.58. The van der Waals surface area contributed by atoms with Crippen LogP contribution in [0.4, 0.5) is 0 Å². The lowest BCUT2D eigenvalue weighted by Gasteiger charge is -2.15. The Balaban J connectivity index is 1.73. The summed E-state index contributed by atoms with van der Waals surface area (Å²) in [7, 11) is -2.32. The third kappa shape index (κ3) is 5.09. The predicted octanol–water partition coefficient (Wildman–Crippen LogP) is 5.57. The Morgan fingerprint density at radius 3 is 2.45 bits per heavy atom. The van der Waals surface area contributed by atoms with E-state index in [0.717, 1.165) is 0 Å². The van der Waals surface area contributed by atoms with Crippen molar-refractivity contribution in [2.75, 3.05) is 13.7 Å². The van der Waals surface area contributed by atoms with Crippen molar-refractivity contribution in [3.05, 3.63) is 85.1 Å². The van der Waals surface area contributed by atoms with E-state index in [1.165, 1.54) is 15.7 Å². The Morgan fingerprint density at radius 1 is 0.975 bits per heavy atom. The number of carbonyl (C=O) groups is 1. The van der Waals surface area contributed by atoms with E-state index in [2.05, 4.69) is 10.2 Å². The Bertz CT molecular complexity index is 1760. The van der Waals surface area contributed by atoms with Gasteiger partial charge in [-0.3, -0.25) is 9.36 Å². The van der Waals surface area contributed by atoms with Gasteiger partial charge >= 0.3 is 5.97 Å². The Morgan fingerprint density at radius 2 is 1.73 bits per heavy atom. The minimum absolute atomic E-state index is 0.174. The quantitative estimate of drug-likeness (QED) is 0.157. The molecule has 0 unspecified atom stereocenters. The molecule has 0 aliphatic carbocycles. The second kappa shape index (κ2) is 11.6. The van der Waals surface area contributed by atoms with Gasteiger partial charge in [0.05, 0.1) is 29.8 Å². The molecule has 2 heterocycles. The largest absolute Gasteiger partial charge is 0.497 e. The molecule has 0 bridgehead atoms. The molecule has 0 radical (unpaired) electrons. The van der Waals surface area contributed by atoms with E-state index in [1.54, 1.807) is 62.7 Å². The zero-order valence-corrected chi connectivity index (χ0v) is 23.9. The van der Waals surface area contributed by atoms with Gasteiger partial charge in [0.1, 0.15) is 11.0 Å². The first-order valence-corrected chi connectivity index (χ1v) is 15.0. The van der Waals surface area contributed by atoms with E-state index in [-0.39, 0.29) is 17.5 Å². The van der Waals surface area contributed by atoms with Crippen LogP contribution in [0.3, 0.4) is 0 Å². The van der Waals surface area contributed by atoms with Crippen LogP contribution in [0.5, 0.6) is 5.75 Å². The van der Waals surface area contributed by atoms with Crippen LogP contribution in [0.1, 0.15) is 20.3 Å². The van der Waals surface area contributed by atoms with Crippen molar-refractivity contribution >= 4 is 38.7 Å². The number of thioether (sulfide) groups is 1. The topological polar surface area (TPSA) is 105 Å². The van der Waals surface area contributed by atoms with Crippen molar-refractivity contribution in [2.24, 2.45) is 0 Å². The van der Waals surface area contributed by atoms with Gasteiger partial charge < -0.3 is 9.47 Å². The Kier molecular flexibility index (Phi) is 7.95. The minimum Gasteiger partial charge on any atom is -0.497 e. The molecular weight excluding hydrogens is 548 g/mol. The van der Waals surface area contributed by atoms with Crippen LogP contribution in [-0.2, 0) is 19.6 Å². The molecule has 11 heteroatoms. The number of methoxy groups -OCH3 is 1. The summed E-state index contributed by atoms with van der Waals surface area (Å²) in [6.45, 7) is 3.95. The Labute approximate surface area is 236 Å². The van der Waals surface area contributed by atoms with Crippen LogP contribution in [0.25, 0.3) is 28.0 Å². The van der Waals surface area contributed by atoms with E-state index in [1.807, 2.05) is 47.9 Å². The lowest BCUT2D eigenvalue weighted by atomic mass is 10.1. The highest BCUT2D eigenvalue weighted by molar-refractivity contribution is 8.00. The summed E-state index contributed by atoms with van der Waals surface area (Å²) >= 11 is 1.25. The molecule has 5 aromatic rings. The molecule has 1 atom stereocenters. The zero-order valence-electron chi connectivity index (χ0n) is 22.2. The summed E-state index contributed by atoms with van der Waals surface area (Å²) in [5, 5.41) is 9.63. The first-order chi connectivity index (χ1) is 19.4. The molecule has 5 rings (SSSR count). The van der Waals surface area contributed by atoms with Gasteiger partial charge in [-0.1, -0.05) is 61.2 Å². The maximum atomic E-state index is 13.7. The Hall–Kier alpha value is -4.09. The van der Waals surface area contributed by atoms with Gasteiger partial charge in [-0.2, -0.15) is 0 Å². The van der Waals surface area contributed by atoms with E-state index in [4.69, 9.17) is 9.47 Å². The molecule has 9 nitrogen and oxygen atoms in total. The molecular formula is C29H28N4O5S2. The monoisotopic (exact) mass is 576 g/mol. The maximum Gasteiger partial charge on any atom is 0.319 e. The molecule has 0 fully saturated rings. The lowest BCUT2D eigenvalue weighted by molar-refractivity contribution is -0.142. The van der Waals surface area contributed by atoms with Crippen LogP contribution in [0.2, 0.25) is 0 Å². The number of para-hydroxylation sites is 1. The third-order valence-corrected chi connectivity index (χ3v) is 9.30. The van der Waals surface area contributed by atoms with Crippen molar-refractivity contribution in [1.82, 2.24) is 18.7 Å². The van der Waals surface area contributed by atoms with Crippen molar-refractivity contribution in [3.63, 3.8) is 0 Å². The minimum atomic E-state index is -3.90.